The van der Waals surface area contributed by atoms with E-state index >= 15 is 0 Å². The van der Waals surface area contributed by atoms with E-state index in [1.54, 1.807) is 11.3 Å². The lowest BCUT2D eigenvalue weighted by Crippen LogP contribution is -2.28. The first kappa shape index (κ1) is 15.7. The minimum atomic E-state index is 0.137. The van der Waals surface area contributed by atoms with Crippen molar-refractivity contribution < 1.29 is 9.63 Å². The molecule has 0 fully saturated rings. The molecule has 23 heavy (non-hydrogen) atoms. The van der Waals surface area contributed by atoms with Crippen LogP contribution in [-0.2, 0) is 6.42 Å². The van der Waals surface area contributed by atoms with E-state index in [-0.39, 0.29) is 6.61 Å². The molecule has 0 unspecified atom stereocenters. The first-order chi connectivity index (χ1) is 11.4. The lowest BCUT2D eigenvalue weighted by atomic mass is 10.2. The minimum Gasteiger partial charge on any atom is -0.395 e. The van der Waals surface area contributed by atoms with Gasteiger partial charge in [0, 0.05) is 25.2 Å². The summed E-state index contributed by atoms with van der Waals surface area (Å²) in [6.07, 6.45) is 1.62. The number of anilines is 1. The van der Waals surface area contributed by atoms with Crippen LogP contribution in [0.4, 0.5) is 5.69 Å². The van der Waals surface area contributed by atoms with Gasteiger partial charge >= 0.3 is 0 Å². The Balaban J connectivity index is 1.55. The Morgan fingerprint density at radius 1 is 1.09 bits per heavy atom. The van der Waals surface area contributed by atoms with Crippen molar-refractivity contribution in [2.24, 2.45) is 0 Å². The van der Waals surface area contributed by atoms with Gasteiger partial charge in [0.2, 0.25) is 11.7 Å². The molecule has 2 aromatic heterocycles. The predicted molar refractivity (Wildman–Crippen MR) is 91.7 cm³/mol. The molecular weight excluding hydrogens is 310 g/mol. The number of aliphatic hydroxyl groups excluding tert-OH is 1. The third kappa shape index (κ3) is 4.18. The van der Waals surface area contributed by atoms with Crippen molar-refractivity contribution in [3.05, 3.63) is 53.7 Å². The summed E-state index contributed by atoms with van der Waals surface area (Å²) in [5, 5.41) is 15.3. The molecule has 120 valence electrons. The van der Waals surface area contributed by atoms with E-state index in [1.165, 1.54) is 0 Å². The third-order valence-corrected chi connectivity index (χ3v) is 4.39. The Kier molecular flexibility index (Phi) is 5.39. The van der Waals surface area contributed by atoms with Crippen molar-refractivity contribution >= 4 is 17.0 Å². The van der Waals surface area contributed by atoms with Crippen LogP contribution in [0.5, 0.6) is 0 Å². The smallest absolute Gasteiger partial charge is 0.227 e. The molecule has 0 saturated heterocycles. The molecule has 0 radical (unpaired) electrons. The lowest BCUT2D eigenvalue weighted by Gasteiger charge is -2.23. The molecule has 6 heteroatoms. The van der Waals surface area contributed by atoms with E-state index in [0.717, 1.165) is 30.0 Å². The van der Waals surface area contributed by atoms with Crippen molar-refractivity contribution in [3.63, 3.8) is 0 Å². The largest absolute Gasteiger partial charge is 0.395 e. The highest BCUT2D eigenvalue weighted by Gasteiger charge is 2.10. The summed E-state index contributed by atoms with van der Waals surface area (Å²) in [5.41, 5.74) is 1.12. The van der Waals surface area contributed by atoms with Crippen molar-refractivity contribution in [1.82, 2.24) is 10.1 Å². The van der Waals surface area contributed by atoms with Crippen LogP contribution in [0, 0.1) is 0 Å². The van der Waals surface area contributed by atoms with Gasteiger partial charge in [0.15, 0.2) is 0 Å². The molecule has 0 aliphatic heterocycles. The van der Waals surface area contributed by atoms with Gasteiger partial charge in [-0.05, 0) is 30.0 Å². The first-order valence-electron chi connectivity index (χ1n) is 7.64. The Hall–Kier alpha value is -2.18. The molecule has 0 aliphatic rings. The zero-order valence-corrected chi connectivity index (χ0v) is 13.6. The summed E-state index contributed by atoms with van der Waals surface area (Å²) >= 11 is 1.60. The number of benzene rings is 1. The molecule has 0 atom stereocenters. The summed E-state index contributed by atoms with van der Waals surface area (Å²) in [7, 11) is 0. The molecule has 5 nitrogen and oxygen atoms in total. The molecule has 0 aliphatic carbocycles. The monoisotopic (exact) mass is 329 g/mol. The number of aryl methyl sites for hydroxylation is 1. The number of para-hydroxylation sites is 1. The zero-order chi connectivity index (χ0) is 15.9. The second-order valence-electron chi connectivity index (χ2n) is 5.14. The van der Waals surface area contributed by atoms with Gasteiger partial charge in [-0.25, -0.2) is 0 Å². The highest BCUT2D eigenvalue weighted by molar-refractivity contribution is 7.13. The summed E-state index contributed by atoms with van der Waals surface area (Å²) in [4.78, 5) is 7.62. The Morgan fingerprint density at radius 3 is 2.70 bits per heavy atom. The molecule has 0 spiro atoms. The molecule has 1 aromatic carbocycles. The average molecular weight is 329 g/mol. The standard InChI is InChI=1S/C17H19N3O2S/c21-12-11-20(14-6-2-1-3-7-14)10-4-9-16-18-17(19-22-16)15-8-5-13-23-15/h1-3,5-8,13,21H,4,9-12H2. The summed E-state index contributed by atoms with van der Waals surface area (Å²) in [6.45, 7) is 1.59. The van der Waals surface area contributed by atoms with Gasteiger partial charge in [-0.3, -0.25) is 0 Å². The highest BCUT2D eigenvalue weighted by atomic mass is 32.1. The number of thiophene rings is 1. The van der Waals surface area contributed by atoms with E-state index < -0.39 is 0 Å². The molecule has 0 amide bonds. The summed E-state index contributed by atoms with van der Waals surface area (Å²) < 4.78 is 5.31. The number of hydrogen-bond donors (Lipinski definition) is 1. The van der Waals surface area contributed by atoms with Crippen LogP contribution in [0.25, 0.3) is 10.7 Å². The minimum absolute atomic E-state index is 0.137. The highest BCUT2D eigenvalue weighted by Crippen LogP contribution is 2.21. The van der Waals surface area contributed by atoms with Gasteiger partial charge in [0.25, 0.3) is 0 Å². The molecule has 3 rings (SSSR count). The van der Waals surface area contributed by atoms with E-state index in [1.807, 2.05) is 35.7 Å². The lowest BCUT2D eigenvalue weighted by molar-refractivity contribution is 0.301. The van der Waals surface area contributed by atoms with Crippen LogP contribution in [-0.4, -0.2) is 34.9 Å². The van der Waals surface area contributed by atoms with E-state index in [2.05, 4.69) is 27.2 Å². The fourth-order valence-corrected chi connectivity index (χ4v) is 3.06. The normalized spacial score (nSPS) is 10.8. The number of aliphatic hydroxyl groups is 1. The molecular formula is C17H19N3O2S. The fourth-order valence-electron chi connectivity index (χ4n) is 2.41. The SMILES string of the molecule is OCCN(CCCc1nc(-c2cccs2)no1)c1ccccc1. The van der Waals surface area contributed by atoms with Crippen LogP contribution in [0.15, 0.2) is 52.4 Å². The molecule has 3 aromatic rings. The Morgan fingerprint density at radius 2 is 1.96 bits per heavy atom. The van der Waals surface area contributed by atoms with Crippen molar-refractivity contribution in [1.29, 1.82) is 0 Å². The maximum atomic E-state index is 9.24. The van der Waals surface area contributed by atoms with Gasteiger partial charge in [-0.15, -0.1) is 11.3 Å². The Bertz CT molecular complexity index is 698. The number of aromatic nitrogens is 2. The summed E-state index contributed by atoms with van der Waals surface area (Å²) in [6, 6.07) is 14.1. The molecule has 1 N–H and O–H groups in total. The molecule has 2 heterocycles. The number of nitrogens with zero attached hydrogens (tertiary/aromatic N) is 3. The van der Waals surface area contributed by atoms with Crippen LogP contribution < -0.4 is 4.90 Å². The van der Waals surface area contributed by atoms with Crippen LogP contribution >= 0.6 is 11.3 Å². The zero-order valence-electron chi connectivity index (χ0n) is 12.8. The predicted octanol–water partition coefficient (Wildman–Crippen LogP) is 3.23. The maximum absolute atomic E-state index is 9.24. The van der Waals surface area contributed by atoms with Crippen LogP contribution in [0.3, 0.4) is 0 Å². The van der Waals surface area contributed by atoms with Crippen LogP contribution in [0.2, 0.25) is 0 Å². The van der Waals surface area contributed by atoms with E-state index in [9.17, 15) is 5.11 Å². The molecule has 0 saturated carbocycles. The number of hydrogen-bond acceptors (Lipinski definition) is 6. The van der Waals surface area contributed by atoms with Crippen molar-refractivity contribution in [2.75, 3.05) is 24.6 Å². The van der Waals surface area contributed by atoms with Gasteiger partial charge in [-0.1, -0.05) is 29.4 Å². The van der Waals surface area contributed by atoms with Gasteiger partial charge in [-0.2, -0.15) is 4.98 Å². The van der Waals surface area contributed by atoms with E-state index in [4.69, 9.17) is 4.52 Å². The average Bonchev–Trinajstić information content (AvgIpc) is 3.26. The quantitative estimate of drug-likeness (QED) is 0.687. The van der Waals surface area contributed by atoms with Crippen LogP contribution in [0.1, 0.15) is 12.3 Å². The van der Waals surface area contributed by atoms with Gasteiger partial charge in [0.1, 0.15) is 0 Å². The van der Waals surface area contributed by atoms with Crippen molar-refractivity contribution in [3.8, 4) is 10.7 Å². The second kappa shape index (κ2) is 7.89. The second-order valence-corrected chi connectivity index (χ2v) is 6.09. The van der Waals surface area contributed by atoms with E-state index in [0.29, 0.717) is 18.3 Å². The maximum Gasteiger partial charge on any atom is 0.227 e. The molecule has 0 bridgehead atoms. The fraction of sp³-hybridized carbons (Fsp3) is 0.294. The van der Waals surface area contributed by atoms with Crippen molar-refractivity contribution in [2.45, 2.75) is 12.8 Å². The number of rotatable bonds is 8. The first-order valence-corrected chi connectivity index (χ1v) is 8.52. The summed E-state index contributed by atoms with van der Waals surface area (Å²) in [5.74, 6) is 1.32. The third-order valence-electron chi connectivity index (χ3n) is 3.52. The van der Waals surface area contributed by atoms with Gasteiger partial charge in [0.05, 0.1) is 11.5 Å². The topological polar surface area (TPSA) is 62.4 Å². The van der Waals surface area contributed by atoms with Gasteiger partial charge < -0.3 is 14.5 Å². The Labute approximate surface area is 139 Å².